The van der Waals surface area contributed by atoms with Gasteiger partial charge in [0.15, 0.2) is 10.8 Å². The van der Waals surface area contributed by atoms with Crippen molar-refractivity contribution in [1.29, 1.82) is 0 Å². The third-order valence-electron chi connectivity index (χ3n) is 5.43. The molecule has 1 N–H and O–H groups in total. The number of piperidine rings is 1. The van der Waals surface area contributed by atoms with Gasteiger partial charge >= 0.3 is 0 Å². The number of hydrogen-bond donors (Lipinski definition) is 1. The fourth-order valence-electron chi connectivity index (χ4n) is 3.93. The Kier molecular flexibility index (Phi) is 7.91. The number of fused-ring (bicyclic) bond motifs is 1. The summed E-state index contributed by atoms with van der Waals surface area (Å²) in [4.78, 5) is 25.8. The highest BCUT2D eigenvalue weighted by Gasteiger charge is 2.20. The molecular weight excluding hydrogens is 440 g/mol. The van der Waals surface area contributed by atoms with Gasteiger partial charge in [0, 0.05) is 24.5 Å². The first-order valence-electron chi connectivity index (χ1n) is 11.3. The number of thioether (sulfide) groups is 2. The second-order valence-corrected chi connectivity index (χ2v) is 10.1. The molecule has 7 nitrogen and oxygen atoms in total. The number of carbonyl (C=O) groups is 1. The van der Waals surface area contributed by atoms with Crippen LogP contribution in [-0.2, 0) is 6.54 Å². The van der Waals surface area contributed by atoms with E-state index in [2.05, 4.69) is 29.2 Å². The van der Waals surface area contributed by atoms with Crippen molar-refractivity contribution in [2.45, 2.75) is 49.7 Å². The van der Waals surface area contributed by atoms with Crippen molar-refractivity contribution in [1.82, 2.24) is 25.1 Å². The van der Waals surface area contributed by atoms with Crippen LogP contribution in [0.4, 0.5) is 5.82 Å². The van der Waals surface area contributed by atoms with E-state index in [9.17, 15) is 4.79 Å². The predicted octanol–water partition coefficient (Wildman–Crippen LogP) is 4.47. The zero-order valence-corrected chi connectivity index (χ0v) is 20.3. The summed E-state index contributed by atoms with van der Waals surface area (Å²) in [6, 6.07) is 7.75. The van der Waals surface area contributed by atoms with Gasteiger partial charge < -0.3 is 10.2 Å². The number of nitrogens with one attached hydrogen (secondary N) is 1. The smallest absolute Gasteiger partial charge is 0.252 e. The average Bonchev–Trinajstić information content (AvgIpc) is 3.23. The number of hydrogen-bond acceptors (Lipinski definition) is 7. The van der Waals surface area contributed by atoms with Gasteiger partial charge in [0.25, 0.3) is 5.91 Å². The summed E-state index contributed by atoms with van der Waals surface area (Å²) in [5.41, 5.74) is 1.56. The quantitative estimate of drug-likeness (QED) is 0.365. The molecule has 0 aliphatic carbocycles. The Morgan fingerprint density at radius 3 is 2.62 bits per heavy atom. The number of rotatable bonds is 9. The molecule has 0 radical (unpaired) electrons. The molecular formula is C23H30N6OS2. The number of benzene rings is 1. The first-order valence-corrected chi connectivity index (χ1v) is 13.3. The topological polar surface area (TPSA) is 75.9 Å². The molecule has 0 spiro atoms. The van der Waals surface area contributed by atoms with Crippen molar-refractivity contribution in [3.8, 4) is 0 Å². The Hall–Kier alpha value is -2.26. The van der Waals surface area contributed by atoms with Crippen LogP contribution in [0, 0.1) is 0 Å². The molecule has 1 aliphatic rings. The monoisotopic (exact) mass is 470 g/mol. The highest BCUT2D eigenvalue weighted by molar-refractivity contribution is 7.99. The van der Waals surface area contributed by atoms with Gasteiger partial charge in [-0.2, -0.15) is 5.10 Å². The zero-order chi connectivity index (χ0) is 22.3. The molecule has 0 saturated carbocycles. The van der Waals surface area contributed by atoms with E-state index in [-0.39, 0.29) is 5.91 Å². The highest BCUT2D eigenvalue weighted by atomic mass is 32.2. The maximum absolute atomic E-state index is 12.7. The molecule has 9 heteroatoms. The lowest BCUT2D eigenvalue weighted by molar-refractivity contribution is 0.0949. The van der Waals surface area contributed by atoms with Gasteiger partial charge in [-0.15, -0.1) is 11.8 Å². The third-order valence-corrected chi connectivity index (χ3v) is 7.11. The number of anilines is 1. The van der Waals surface area contributed by atoms with E-state index < -0.39 is 0 Å². The SMILES string of the molecule is CCSc1nc(N2CCCCC2)c2cnn(CCNC(=O)c3ccccc3SCC)c2n1. The summed E-state index contributed by atoms with van der Waals surface area (Å²) in [7, 11) is 0. The van der Waals surface area contributed by atoms with Crippen LogP contribution in [0.15, 0.2) is 40.5 Å². The molecule has 1 aromatic carbocycles. The molecule has 32 heavy (non-hydrogen) atoms. The summed E-state index contributed by atoms with van der Waals surface area (Å²) in [6.45, 7) is 7.30. The van der Waals surface area contributed by atoms with Crippen molar-refractivity contribution < 1.29 is 4.79 Å². The van der Waals surface area contributed by atoms with Gasteiger partial charge in [-0.1, -0.05) is 37.7 Å². The molecule has 170 valence electrons. The molecule has 0 bridgehead atoms. The first-order chi connectivity index (χ1) is 15.7. The largest absolute Gasteiger partial charge is 0.356 e. The van der Waals surface area contributed by atoms with E-state index in [4.69, 9.17) is 9.97 Å². The van der Waals surface area contributed by atoms with Crippen LogP contribution in [0.3, 0.4) is 0 Å². The van der Waals surface area contributed by atoms with Crippen LogP contribution in [0.25, 0.3) is 11.0 Å². The number of carbonyl (C=O) groups excluding carboxylic acids is 1. The van der Waals surface area contributed by atoms with Gasteiger partial charge in [0.2, 0.25) is 0 Å². The molecule has 4 rings (SSSR count). The first kappa shape index (κ1) is 22.9. The molecule has 2 aromatic heterocycles. The molecule has 0 atom stereocenters. The highest BCUT2D eigenvalue weighted by Crippen LogP contribution is 2.29. The fourth-order valence-corrected chi connectivity index (χ4v) is 5.29. The van der Waals surface area contributed by atoms with Crippen LogP contribution in [0.1, 0.15) is 43.5 Å². The number of amides is 1. The van der Waals surface area contributed by atoms with Gasteiger partial charge in [-0.05, 0) is 42.9 Å². The predicted molar refractivity (Wildman–Crippen MR) is 133 cm³/mol. The summed E-state index contributed by atoms with van der Waals surface area (Å²) in [5, 5.41) is 9.42. The lowest BCUT2D eigenvalue weighted by atomic mass is 10.1. The fraction of sp³-hybridized carbons (Fsp3) is 0.478. The summed E-state index contributed by atoms with van der Waals surface area (Å²) in [6.07, 6.45) is 5.54. The summed E-state index contributed by atoms with van der Waals surface area (Å²) >= 11 is 3.33. The van der Waals surface area contributed by atoms with Crippen LogP contribution in [-0.4, -0.2) is 56.8 Å². The number of nitrogens with zero attached hydrogens (tertiary/aromatic N) is 5. The van der Waals surface area contributed by atoms with Crippen molar-refractivity contribution >= 4 is 46.3 Å². The molecule has 0 unspecified atom stereocenters. The Labute approximate surface area is 197 Å². The van der Waals surface area contributed by atoms with E-state index in [1.807, 2.05) is 35.1 Å². The summed E-state index contributed by atoms with van der Waals surface area (Å²) < 4.78 is 1.89. The molecule has 1 saturated heterocycles. The van der Waals surface area contributed by atoms with Gasteiger partial charge in [-0.25, -0.2) is 14.6 Å². The van der Waals surface area contributed by atoms with Crippen LogP contribution >= 0.6 is 23.5 Å². The van der Waals surface area contributed by atoms with Crippen molar-refractivity contribution in [2.24, 2.45) is 0 Å². The summed E-state index contributed by atoms with van der Waals surface area (Å²) in [5.74, 6) is 2.79. The molecule has 1 fully saturated rings. The minimum Gasteiger partial charge on any atom is -0.356 e. The van der Waals surface area contributed by atoms with E-state index in [0.717, 1.165) is 57.1 Å². The Bertz CT molecular complexity index is 1060. The number of aromatic nitrogens is 4. The molecule has 3 heterocycles. The van der Waals surface area contributed by atoms with E-state index in [1.54, 1.807) is 23.5 Å². The maximum Gasteiger partial charge on any atom is 0.252 e. The third kappa shape index (κ3) is 5.20. The second-order valence-electron chi connectivity index (χ2n) is 7.60. The molecule has 1 amide bonds. The van der Waals surface area contributed by atoms with Gasteiger partial charge in [-0.3, -0.25) is 4.79 Å². The normalized spacial score (nSPS) is 14.1. The van der Waals surface area contributed by atoms with Crippen LogP contribution in [0.5, 0.6) is 0 Å². The van der Waals surface area contributed by atoms with Crippen molar-refractivity contribution in [3.05, 3.63) is 36.0 Å². The standard InChI is InChI=1S/C23H30N6OS2/c1-3-31-19-11-7-6-10-17(19)22(30)24-12-15-29-21-18(16-25-29)20(26-23(27-21)32-4-2)28-13-8-5-9-14-28/h6-7,10-11,16H,3-5,8-9,12-15H2,1-2H3,(H,24,30). The molecule has 3 aromatic rings. The van der Waals surface area contributed by atoms with Gasteiger partial charge in [0.05, 0.1) is 23.7 Å². The van der Waals surface area contributed by atoms with E-state index >= 15 is 0 Å². The van der Waals surface area contributed by atoms with Crippen molar-refractivity contribution in [2.75, 3.05) is 36.0 Å². The van der Waals surface area contributed by atoms with Crippen LogP contribution in [0.2, 0.25) is 0 Å². The van der Waals surface area contributed by atoms with E-state index in [0.29, 0.717) is 13.1 Å². The average molecular weight is 471 g/mol. The van der Waals surface area contributed by atoms with Crippen LogP contribution < -0.4 is 10.2 Å². The minimum absolute atomic E-state index is 0.0520. The van der Waals surface area contributed by atoms with Gasteiger partial charge in [0.1, 0.15) is 5.82 Å². The lowest BCUT2D eigenvalue weighted by Crippen LogP contribution is -2.30. The Morgan fingerprint density at radius 2 is 1.84 bits per heavy atom. The second kappa shape index (κ2) is 11.0. The maximum atomic E-state index is 12.7. The molecule has 1 aliphatic heterocycles. The minimum atomic E-state index is -0.0520. The Balaban J connectivity index is 1.51. The zero-order valence-electron chi connectivity index (χ0n) is 18.7. The Morgan fingerprint density at radius 1 is 1.06 bits per heavy atom. The van der Waals surface area contributed by atoms with E-state index in [1.165, 1.54) is 19.3 Å². The van der Waals surface area contributed by atoms with Crippen molar-refractivity contribution in [3.63, 3.8) is 0 Å². The lowest BCUT2D eigenvalue weighted by Gasteiger charge is -2.28.